The zero-order valence-corrected chi connectivity index (χ0v) is 9.94. The SMILES string of the molecule is Nc1cc(C(=O)N2CC[C@H](O)C2)cc(C(F)(F)F)c1. The average Bonchev–Trinajstić information content (AvgIpc) is 2.73. The monoisotopic (exact) mass is 274 g/mol. The fraction of sp³-hybridized carbons (Fsp3) is 0.417. The lowest BCUT2D eigenvalue weighted by atomic mass is 10.1. The van der Waals surface area contributed by atoms with Crippen LogP contribution in [-0.4, -0.2) is 35.1 Å². The molecular formula is C12H13F3N2O2. The van der Waals surface area contributed by atoms with Crippen molar-refractivity contribution in [2.75, 3.05) is 18.8 Å². The van der Waals surface area contributed by atoms with Gasteiger partial charge in [0.25, 0.3) is 5.91 Å². The van der Waals surface area contributed by atoms with Gasteiger partial charge >= 0.3 is 6.18 Å². The summed E-state index contributed by atoms with van der Waals surface area (Å²) >= 11 is 0. The number of nitrogens with two attached hydrogens (primary N) is 1. The number of hydrogen-bond acceptors (Lipinski definition) is 3. The molecule has 1 atom stereocenters. The van der Waals surface area contributed by atoms with E-state index >= 15 is 0 Å². The van der Waals surface area contributed by atoms with E-state index in [9.17, 15) is 23.1 Å². The lowest BCUT2D eigenvalue weighted by Crippen LogP contribution is -2.29. The normalized spacial score (nSPS) is 19.8. The lowest BCUT2D eigenvalue weighted by molar-refractivity contribution is -0.137. The zero-order valence-electron chi connectivity index (χ0n) is 9.94. The molecule has 19 heavy (non-hydrogen) atoms. The van der Waals surface area contributed by atoms with E-state index in [2.05, 4.69) is 0 Å². The first-order valence-corrected chi connectivity index (χ1v) is 5.72. The number of likely N-dealkylation sites (tertiary alicyclic amines) is 1. The molecule has 1 aliphatic rings. The number of benzene rings is 1. The predicted octanol–water partition coefficient (Wildman–Crippen LogP) is 1.49. The van der Waals surface area contributed by atoms with Crippen molar-refractivity contribution in [2.45, 2.75) is 18.7 Å². The predicted molar refractivity (Wildman–Crippen MR) is 62.4 cm³/mol. The Kier molecular flexibility index (Phi) is 3.40. The van der Waals surface area contributed by atoms with Gasteiger partial charge in [-0.2, -0.15) is 13.2 Å². The number of β-amino-alcohol motifs (C(OH)–C–C–N with tert-alkyl or cyclic N) is 1. The van der Waals surface area contributed by atoms with Crippen LogP contribution in [0.3, 0.4) is 0 Å². The van der Waals surface area contributed by atoms with Gasteiger partial charge in [0.2, 0.25) is 0 Å². The quantitative estimate of drug-likeness (QED) is 0.763. The maximum absolute atomic E-state index is 12.6. The summed E-state index contributed by atoms with van der Waals surface area (Å²) in [5, 5.41) is 9.34. The molecule has 3 N–H and O–H groups in total. The van der Waals surface area contributed by atoms with E-state index in [1.807, 2.05) is 0 Å². The number of carbonyl (C=O) groups excluding carboxylic acids is 1. The summed E-state index contributed by atoms with van der Waals surface area (Å²) in [7, 11) is 0. The summed E-state index contributed by atoms with van der Waals surface area (Å²) in [6.07, 6.45) is -4.73. The Morgan fingerprint density at radius 1 is 1.37 bits per heavy atom. The smallest absolute Gasteiger partial charge is 0.399 e. The van der Waals surface area contributed by atoms with Crippen molar-refractivity contribution < 1.29 is 23.1 Å². The summed E-state index contributed by atoms with van der Waals surface area (Å²) in [5.41, 5.74) is 4.23. The van der Waals surface area contributed by atoms with Crippen LogP contribution >= 0.6 is 0 Å². The number of alkyl halides is 3. The van der Waals surface area contributed by atoms with Crippen LogP contribution in [-0.2, 0) is 6.18 Å². The Bertz CT molecular complexity index is 502. The molecule has 1 fully saturated rings. The van der Waals surface area contributed by atoms with E-state index in [1.165, 1.54) is 11.0 Å². The van der Waals surface area contributed by atoms with E-state index < -0.39 is 23.8 Å². The number of hydrogen-bond donors (Lipinski definition) is 2. The Balaban J connectivity index is 2.29. The van der Waals surface area contributed by atoms with Crippen LogP contribution in [0.15, 0.2) is 18.2 Å². The molecule has 1 saturated heterocycles. The van der Waals surface area contributed by atoms with Crippen LogP contribution in [0.5, 0.6) is 0 Å². The van der Waals surface area contributed by atoms with Crippen molar-refractivity contribution in [3.63, 3.8) is 0 Å². The number of nitrogens with zero attached hydrogens (tertiary/aromatic N) is 1. The van der Waals surface area contributed by atoms with Crippen molar-refractivity contribution in [1.82, 2.24) is 4.90 Å². The number of amides is 1. The Morgan fingerprint density at radius 2 is 2.05 bits per heavy atom. The fourth-order valence-corrected chi connectivity index (χ4v) is 2.05. The fourth-order valence-electron chi connectivity index (χ4n) is 2.05. The van der Waals surface area contributed by atoms with Crippen LogP contribution in [0, 0.1) is 0 Å². The second-order valence-corrected chi connectivity index (χ2v) is 4.54. The minimum atomic E-state index is -4.55. The second kappa shape index (κ2) is 4.73. The van der Waals surface area contributed by atoms with Gasteiger partial charge in [-0.15, -0.1) is 0 Å². The summed E-state index contributed by atoms with van der Waals surface area (Å²) in [6, 6.07) is 2.78. The molecule has 0 saturated carbocycles. The molecule has 0 bridgehead atoms. The van der Waals surface area contributed by atoms with E-state index in [0.717, 1.165) is 12.1 Å². The second-order valence-electron chi connectivity index (χ2n) is 4.54. The van der Waals surface area contributed by atoms with Gasteiger partial charge in [0.1, 0.15) is 0 Å². The van der Waals surface area contributed by atoms with Crippen molar-refractivity contribution in [3.8, 4) is 0 Å². The van der Waals surface area contributed by atoms with E-state index in [1.54, 1.807) is 0 Å². The van der Waals surface area contributed by atoms with Crippen LogP contribution in [0.1, 0.15) is 22.3 Å². The molecular weight excluding hydrogens is 261 g/mol. The summed E-state index contributed by atoms with van der Waals surface area (Å²) in [5.74, 6) is -0.547. The van der Waals surface area contributed by atoms with Crippen molar-refractivity contribution in [3.05, 3.63) is 29.3 Å². The minimum Gasteiger partial charge on any atom is -0.399 e. The van der Waals surface area contributed by atoms with Crippen LogP contribution in [0.25, 0.3) is 0 Å². The van der Waals surface area contributed by atoms with Gasteiger partial charge in [0.15, 0.2) is 0 Å². The highest BCUT2D eigenvalue weighted by molar-refractivity contribution is 5.95. The Labute approximate surface area is 107 Å². The van der Waals surface area contributed by atoms with Gasteiger partial charge in [0.05, 0.1) is 11.7 Å². The maximum Gasteiger partial charge on any atom is 0.416 e. The lowest BCUT2D eigenvalue weighted by Gasteiger charge is -2.17. The van der Waals surface area contributed by atoms with E-state index in [-0.39, 0.29) is 17.8 Å². The van der Waals surface area contributed by atoms with Crippen LogP contribution in [0.4, 0.5) is 18.9 Å². The molecule has 4 nitrogen and oxygen atoms in total. The summed E-state index contributed by atoms with van der Waals surface area (Å²) in [6.45, 7) is 0.463. The molecule has 0 radical (unpaired) electrons. The third-order valence-corrected chi connectivity index (χ3v) is 2.98. The van der Waals surface area contributed by atoms with Gasteiger partial charge in [-0.05, 0) is 24.6 Å². The number of aliphatic hydroxyl groups excluding tert-OH is 1. The van der Waals surface area contributed by atoms with Gasteiger partial charge in [-0.3, -0.25) is 4.79 Å². The van der Waals surface area contributed by atoms with E-state index in [0.29, 0.717) is 13.0 Å². The molecule has 1 aliphatic heterocycles. The average molecular weight is 274 g/mol. The van der Waals surface area contributed by atoms with Gasteiger partial charge < -0.3 is 15.7 Å². The third-order valence-electron chi connectivity index (χ3n) is 2.98. The highest BCUT2D eigenvalue weighted by Gasteiger charge is 2.33. The first-order valence-electron chi connectivity index (χ1n) is 5.72. The molecule has 1 aromatic carbocycles. The van der Waals surface area contributed by atoms with Crippen LogP contribution < -0.4 is 5.73 Å². The molecule has 7 heteroatoms. The number of aliphatic hydroxyl groups is 1. The molecule has 0 aromatic heterocycles. The van der Waals surface area contributed by atoms with Crippen LogP contribution in [0.2, 0.25) is 0 Å². The summed E-state index contributed by atoms with van der Waals surface area (Å²) < 4.78 is 37.9. The number of rotatable bonds is 1. The molecule has 0 unspecified atom stereocenters. The Hall–Kier alpha value is -1.76. The zero-order chi connectivity index (χ0) is 14.2. The molecule has 0 aliphatic carbocycles. The molecule has 1 heterocycles. The first kappa shape index (κ1) is 13.7. The molecule has 1 amide bonds. The molecule has 2 rings (SSSR count). The Morgan fingerprint density at radius 3 is 2.58 bits per heavy atom. The highest BCUT2D eigenvalue weighted by Crippen LogP contribution is 2.31. The summed E-state index contributed by atoms with van der Waals surface area (Å²) in [4.78, 5) is 13.3. The van der Waals surface area contributed by atoms with Gasteiger partial charge in [-0.1, -0.05) is 0 Å². The van der Waals surface area contributed by atoms with Crippen molar-refractivity contribution >= 4 is 11.6 Å². The maximum atomic E-state index is 12.6. The largest absolute Gasteiger partial charge is 0.416 e. The van der Waals surface area contributed by atoms with Crippen molar-refractivity contribution in [2.24, 2.45) is 0 Å². The molecule has 1 aromatic rings. The van der Waals surface area contributed by atoms with Crippen molar-refractivity contribution in [1.29, 1.82) is 0 Å². The van der Waals surface area contributed by atoms with Gasteiger partial charge in [-0.25, -0.2) is 0 Å². The number of carbonyl (C=O) groups is 1. The number of halogens is 3. The minimum absolute atomic E-state index is 0.110. The number of anilines is 1. The number of nitrogen functional groups attached to an aromatic ring is 1. The highest BCUT2D eigenvalue weighted by atomic mass is 19.4. The topological polar surface area (TPSA) is 66.6 Å². The van der Waals surface area contributed by atoms with Gasteiger partial charge in [0, 0.05) is 24.3 Å². The third kappa shape index (κ3) is 2.98. The molecule has 0 spiro atoms. The van der Waals surface area contributed by atoms with E-state index in [4.69, 9.17) is 5.73 Å². The molecule has 104 valence electrons. The first-order chi connectivity index (χ1) is 8.77. The standard InChI is InChI=1S/C12H13F3N2O2/c13-12(14,15)8-3-7(4-9(16)5-8)11(19)17-2-1-10(18)6-17/h3-5,10,18H,1-2,6,16H2/t10-/m0/s1.